The molecule has 5 heteroatoms. The molecule has 0 aliphatic heterocycles. The Balaban J connectivity index is 2.64. The van der Waals surface area contributed by atoms with E-state index in [1.54, 1.807) is 18.2 Å². The molecule has 0 saturated carbocycles. The van der Waals surface area contributed by atoms with E-state index in [4.69, 9.17) is 2.64 Å². The Labute approximate surface area is 103 Å². The minimum absolute atomic E-state index is 0.0484. The summed E-state index contributed by atoms with van der Waals surface area (Å²) in [7, 11) is 0. The first-order valence-corrected chi connectivity index (χ1v) is 6.52. The monoisotopic (exact) mass is 390 g/mol. The van der Waals surface area contributed by atoms with Gasteiger partial charge >= 0.3 is 103 Å². The SMILES string of the molecule is O=C([O][Hg])c1ccc2cccc(O)c2n1. The maximum absolute atomic E-state index is 11.3. The molecule has 0 spiro atoms. The third kappa shape index (κ3) is 1.94. The predicted octanol–water partition coefficient (Wildman–Crippen LogP) is 1.56. The molecule has 1 N–H and O–H groups in total. The van der Waals surface area contributed by atoms with Crippen LogP contribution in [0.2, 0.25) is 0 Å². The molecule has 0 aliphatic carbocycles. The van der Waals surface area contributed by atoms with Crippen molar-refractivity contribution < 1.29 is 39.1 Å². The van der Waals surface area contributed by atoms with E-state index in [0.717, 1.165) is 5.39 Å². The summed E-state index contributed by atoms with van der Waals surface area (Å²) in [5.41, 5.74) is 0.660. The van der Waals surface area contributed by atoms with Crippen LogP contribution in [0.3, 0.4) is 0 Å². The number of aromatic nitrogens is 1. The molecule has 1 heterocycles. The van der Waals surface area contributed by atoms with Gasteiger partial charge in [-0.2, -0.15) is 0 Å². The van der Waals surface area contributed by atoms with Crippen molar-refractivity contribution in [1.29, 1.82) is 0 Å². The topological polar surface area (TPSA) is 59.4 Å². The molecular formula is C10H6HgNO3. The Hall–Kier alpha value is -1.16. The molecule has 0 radical (unpaired) electrons. The zero-order valence-electron chi connectivity index (χ0n) is 7.80. The first kappa shape index (κ1) is 10.4. The van der Waals surface area contributed by atoms with Gasteiger partial charge in [-0.3, -0.25) is 0 Å². The van der Waals surface area contributed by atoms with E-state index in [9.17, 15) is 9.90 Å². The van der Waals surface area contributed by atoms with Crippen molar-refractivity contribution in [3.63, 3.8) is 0 Å². The summed E-state index contributed by atoms with van der Waals surface area (Å²) in [5.74, 6) is -0.358. The standard InChI is InChI=1S/C10H7NO3.Hg/c12-8-3-1-2-6-4-5-7(10(13)14)11-9(6)8;/h1-5,12H,(H,13,14);/q;+1/p-1. The Morgan fingerprint density at radius 3 is 2.87 bits per heavy atom. The van der Waals surface area contributed by atoms with Gasteiger partial charge in [-0.25, -0.2) is 0 Å². The number of para-hydroxylation sites is 1. The average Bonchev–Trinajstić information content (AvgIpc) is 2.28. The second-order valence-electron chi connectivity index (χ2n) is 2.98. The number of carbonyl (C=O) groups excluding carboxylic acids is 1. The maximum atomic E-state index is 11.3. The van der Waals surface area contributed by atoms with E-state index in [2.05, 4.69) is 4.98 Å². The first-order chi connectivity index (χ1) is 7.22. The number of phenolic OH excluding ortho intramolecular Hbond substituents is 1. The summed E-state index contributed by atoms with van der Waals surface area (Å²) >= 11 is -0.0484. The number of phenols is 1. The summed E-state index contributed by atoms with van der Waals surface area (Å²) in [6.45, 7) is 0. The summed E-state index contributed by atoms with van der Waals surface area (Å²) in [5, 5.41) is 10.3. The predicted molar refractivity (Wildman–Crippen MR) is 48.8 cm³/mol. The number of pyridine rings is 1. The normalized spacial score (nSPS) is 10.3. The molecule has 4 nitrogen and oxygen atoms in total. The number of carbonyl (C=O) groups is 1. The van der Waals surface area contributed by atoms with Crippen LogP contribution in [0.4, 0.5) is 0 Å². The van der Waals surface area contributed by atoms with Crippen LogP contribution in [0.1, 0.15) is 10.5 Å². The number of fused-ring (bicyclic) bond motifs is 1. The van der Waals surface area contributed by atoms with Crippen LogP contribution < -0.4 is 0 Å². The molecule has 0 fully saturated rings. The van der Waals surface area contributed by atoms with Gasteiger partial charge in [-0.15, -0.1) is 0 Å². The van der Waals surface area contributed by atoms with Crippen LogP contribution in [-0.2, 0) is 29.2 Å². The van der Waals surface area contributed by atoms with E-state index >= 15 is 0 Å². The van der Waals surface area contributed by atoms with Gasteiger partial charge in [0.05, 0.1) is 0 Å². The van der Waals surface area contributed by atoms with Crippen LogP contribution in [0.15, 0.2) is 30.3 Å². The van der Waals surface area contributed by atoms with Crippen molar-refractivity contribution >= 4 is 16.9 Å². The third-order valence-corrected chi connectivity index (χ3v) is 3.06. The molecule has 1 aromatic heterocycles. The van der Waals surface area contributed by atoms with Crippen LogP contribution in [0.25, 0.3) is 10.9 Å². The Morgan fingerprint density at radius 2 is 2.13 bits per heavy atom. The number of rotatable bonds is 1. The van der Waals surface area contributed by atoms with E-state index in [1.807, 2.05) is 6.07 Å². The minimum atomic E-state index is -0.427. The average molecular weight is 389 g/mol. The molecule has 71 valence electrons. The van der Waals surface area contributed by atoms with Crippen molar-refractivity contribution in [2.75, 3.05) is 0 Å². The van der Waals surface area contributed by atoms with E-state index < -0.39 is 5.97 Å². The number of benzene rings is 1. The van der Waals surface area contributed by atoms with Gasteiger partial charge in [0.2, 0.25) is 0 Å². The van der Waals surface area contributed by atoms with Gasteiger partial charge in [0.25, 0.3) is 0 Å². The number of aromatic hydroxyl groups is 1. The molecule has 15 heavy (non-hydrogen) atoms. The molecule has 0 bridgehead atoms. The molecular weight excluding hydrogens is 383 g/mol. The molecule has 2 rings (SSSR count). The van der Waals surface area contributed by atoms with Gasteiger partial charge in [-0.05, 0) is 0 Å². The van der Waals surface area contributed by atoms with E-state index in [-0.39, 0.29) is 38.0 Å². The van der Waals surface area contributed by atoms with Gasteiger partial charge in [-0.1, -0.05) is 0 Å². The first-order valence-electron chi connectivity index (χ1n) is 4.27. The fourth-order valence-corrected chi connectivity index (χ4v) is 1.89. The van der Waals surface area contributed by atoms with Crippen molar-refractivity contribution in [2.24, 2.45) is 0 Å². The molecule has 1 aromatic carbocycles. The molecule has 0 aliphatic rings. The zero-order chi connectivity index (χ0) is 10.8. The molecule has 0 unspecified atom stereocenters. The van der Waals surface area contributed by atoms with E-state index in [0.29, 0.717) is 5.52 Å². The molecule has 0 amide bonds. The van der Waals surface area contributed by atoms with Crippen molar-refractivity contribution in [1.82, 2.24) is 4.98 Å². The summed E-state index contributed by atoms with van der Waals surface area (Å²) < 4.78 is 4.74. The molecule has 2 aromatic rings. The van der Waals surface area contributed by atoms with Crippen LogP contribution in [-0.4, -0.2) is 16.1 Å². The zero-order valence-corrected chi connectivity index (χ0v) is 13.3. The summed E-state index contributed by atoms with van der Waals surface area (Å²) in [6, 6.07) is 8.42. The fraction of sp³-hybridized carbons (Fsp3) is 0. The quantitative estimate of drug-likeness (QED) is 0.753. The second-order valence-corrected chi connectivity index (χ2v) is 4.10. The van der Waals surface area contributed by atoms with Crippen molar-refractivity contribution in [3.8, 4) is 5.75 Å². The summed E-state index contributed by atoms with van der Waals surface area (Å²) in [6.07, 6.45) is 0. The Kier molecular flexibility index (Phi) is 2.86. The van der Waals surface area contributed by atoms with Crippen molar-refractivity contribution in [3.05, 3.63) is 36.0 Å². The number of nitrogens with zero attached hydrogens (tertiary/aromatic N) is 1. The Morgan fingerprint density at radius 1 is 1.33 bits per heavy atom. The van der Waals surface area contributed by atoms with Gasteiger partial charge in [0.15, 0.2) is 0 Å². The van der Waals surface area contributed by atoms with Crippen molar-refractivity contribution in [2.45, 2.75) is 0 Å². The number of hydrogen-bond acceptors (Lipinski definition) is 4. The van der Waals surface area contributed by atoms with E-state index in [1.165, 1.54) is 6.07 Å². The van der Waals surface area contributed by atoms with Gasteiger partial charge in [0.1, 0.15) is 0 Å². The second kappa shape index (κ2) is 4.14. The van der Waals surface area contributed by atoms with Crippen LogP contribution in [0, 0.1) is 0 Å². The molecule has 0 saturated heterocycles. The van der Waals surface area contributed by atoms with Crippen LogP contribution >= 0.6 is 0 Å². The van der Waals surface area contributed by atoms with Gasteiger partial charge in [0, 0.05) is 0 Å². The Bertz CT molecular complexity index is 527. The molecule has 0 atom stereocenters. The van der Waals surface area contributed by atoms with Gasteiger partial charge < -0.3 is 0 Å². The third-order valence-electron chi connectivity index (χ3n) is 2.04. The van der Waals surface area contributed by atoms with Crippen LogP contribution in [0.5, 0.6) is 5.75 Å². The number of hydrogen-bond donors (Lipinski definition) is 1. The summed E-state index contributed by atoms with van der Waals surface area (Å²) in [4.78, 5) is 15.3. The fourth-order valence-electron chi connectivity index (χ4n) is 1.32.